The van der Waals surface area contributed by atoms with Gasteiger partial charge in [-0.2, -0.15) is 0 Å². The number of hydrogen-bond acceptors (Lipinski definition) is 3. The van der Waals surface area contributed by atoms with Crippen molar-refractivity contribution in [2.75, 3.05) is 47.4 Å². The summed E-state index contributed by atoms with van der Waals surface area (Å²) in [6.45, 7) is 4.93. The van der Waals surface area contributed by atoms with E-state index in [-0.39, 0.29) is 0 Å². The third kappa shape index (κ3) is 4.91. The lowest BCUT2D eigenvalue weighted by molar-refractivity contribution is 0.151. The third-order valence-corrected chi connectivity index (χ3v) is 5.76. The van der Waals surface area contributed by atoms with E-state index >= 15 is 0 Å². The number of nitrogens with zero attached hydrogens (tertiary/aromatic N) is 3. The molecule has 0 radical (unpaired) electrons. The van der Waals surface area contributed by atoms with Gasteiger partial charge in [0.1, 0.15) is 5.75 Å². The van der Waals surface area contributed by atoms with Crippen molar-refractivity contribution in [1.29, 1.82) is 0 Å². The van der Waals surface area contributed by atoms with Crippen LogP contribution in [0.4, 0.5) is 0 Å². The molecular weight excluding hydrogens is 324 g/mol. The quantitative estimate of drug-likeness (QED) is 0.462. The van der Waals surface area contributed by atoms with Crippen LogP contribution in [0.1, 0.15) is 37.7 Å². The molecule has 1 aromatic rings. The molecule has 1 N–H and O–H groups in total. The van der Waals surface area contributed by atoms with Gasteiger partial charge < -0.3 is 19.9 Å². The van der Waals surface area contributed by atoms with E-state index in [0.29, 0.717) is 5.41 Å². The zero-order valence-electron chi connectivity index (χ0n) is 16.6. The molecule has 3 rings (SSSR count). The number of aliphatic imine (C=N–C) groups is 1. The van der Waals surface area contributed by atoms with E-state index in [4.69, 9.17) is 4.74 Å². The molecule has 2 fully saturated rings. The third-order valence-electron chi connectivity index (χ3n) is 5.76. The Labute approximate surface area is 158 Å². The van der Waals surface area contributed by atoms with Crippen LogP contribution in [0.5, 0.6) is 5.75 Å². The summed E-state index contributed by atoms with van der Waals surface area (Å²) in [7, 11) is 6.06. The van der Waals surface area contributed by atoms with Gasteiger partial charge in [0, 0.05) is 33.2 Å². The summed E-state index contributed by atoms with van der Waals surface area (Å²) in [5.74, 6) is 1.99. The largest absolute Gasteiger partial charge is 0.494 e. The Morgan fingerprint density at radius 3 is 2.58 bits per heavy atom. The minimum absolute atomic E-state index is 0.600. The Bertz CT molecular complexity index is 593. The maximum atomic E-state index is 5.80. The molecule has 0 aromatic heterocycles. The monoisotopic (exact) mass is 358 g/mol. The first kappa shape index (κ1) is 19.0. The summed E-state index contributed by atoms with van der Waals surface area (Å²) in [5.41, 5.74) is 1.85. The van der Waals surface area contributed by atoms with Gasteiger partial charge >= 0.3 is 0 Å². The summed E-state index contributed by atoms with van der Waals surface area (Å²) in [5, 5.41) is 3.53. The molecule has 26 heavy (non-hydrogen) atoms. The average Bonchev–Trinajstić information content (AvgIpc) is 3.06. The minimum atomic E-state index is 0.600. The van der Waals surface area contributed by atoms with Gasteiger partial charge in [0.25, 0.3) is 0 Å². The highest BCUT2D eigenvalue weighted by Crippen LogP contribution is 2.47. The molecule has 1 saturated heterocycles. The standard InChI is InChI=1S/C21H34N4O/c1-22-20(25-14-12-21(17-25)10-4-11-21)23-16-18-6-8-19(9-7-18)26-15-5-13-24(2)3/h6-9H,4-5,10-17H2,1-3H3,(H,22,23). The first-order valence-electron chi connectivity index (χ1n) is 9.92. The molecule has 0 atom stereocenters. The molecule has 0 unspecified atom stereocenters. The van der Waals surface area contributed by atoms with Gasteiger partial charge in [-0.15, -0.1) is 0 Å². The van der Waals surface area contributed by atoms with Crippen molar-refractivity contribution in [1.82, 2.24) is 15.1 Å². The number of rotatable bonds is 7. The van der Waals surface area contributed by atoms with E-state index in [1.165, 1.54) is 37.8 Å². The smallest absolute Gasteiger partial charge is 0.193 e. The average molecular weight is 359 g/mol. The molecule has 1 spiro atoms. The van der Waals surface area contributed by atoms with Crippen molar-refractivity contribution in [3.05, 3.63) is 29.8 Å². The number of likely N-dealkylation sites (tertiary alicyclic amines) is 1. The van der Waals surface area contributed by atoms with Crippen molar-refractivity contribution in [2.45, 2.75) is 38.6 Å². The number of guanidine groups is 1. The summed E-state index contributed by atoms with van der Waals surface area (Å²) in [4.78, 5) is 9.10. The lowest BCUT2D eigenvalue weighted by atomic mass is 9.68. The van der Waals surface area contributed by atoms with E-state index in [0.717, 1.165) is 44.4 Å². The van der Waals surface area contributed by atoms with Crippen LogP contribution in [0.15, 0.2) is 29.3 Å². The van der Waals surface area contributed by atoms with Crippen LogP contribution >= 0.6 is 0 Å². The molecule has 1 heterocycles. The van der Waals surface area contributed by atoms with Crippen LogP contribution in [0.2, 0.25) is 0 Å². The molecule has 0 amide bonds. The fourth-order valence-corrected chi connectivity index (χ4v) is 3.99. The predicted octanol–water partition coefficient (Wildman–Crippen LogP) is 2.97. The summed E-state index contributed by atoms with van der Waals surface area (Å²) in [6, 6.07) is 8.40. The van der Waals surface area contributed by atoms with Crippen molar-refractivity contribution >= 4 is 5.96 Å². The number of nitrogens with one attached hydrogen (secondary N) is 1. The van der Waals surface area contributed by atoms with Crippen molar-refractivity contribution < 1.29 is 4.74 Å². The summed E-state index contributed by atoms with van der Waals surface area (Å²) >= 11 is 0. The molecule has 1 aromatic carbocycles. The van der Waals surface area contributed by atoms with E-state index in [2.05, 4.69) is 58.5 Å². The number of ether oxygens (including phenoxy) is 1. The van der Waals surface area contributed by atoms with Crippen LogP contribution < -0.4 is 10.1 Å². The van der Waals surface area contributed by atoms with Crippen molar-refractivity contribution in [3.8, 4) is 5.75 Å². The van der Waals surface area contributed by atoms with Gasteiger partial charge in [0.05, 0.1) is 6.61 Å². The molecule has 5 nitrogen and oxygen atoms in total. The number of hydrogen-bond donors (Lipinski definition) is 1. The zero-order chi connectivity index (χ0) is 18.4. The predicted molar refractivity (Wildman–Crippen MR) is 108 cm³/mol. The maximum Gasteiger partial charge on any atom is 0.193 e. The van der Waals surface area contributed by atoms with E-state index < -0.39 is 0 Å². The Morgan fingerprint density at radius 1 is 1.23 bits per heavy atom. The fraction of sp³-hybridized carbons (Fsp3) is 0.667. The van der Waals surface area contributed by atoms with Crippen LogP contribution in [0.25, 0.3) is 0 Å². The van der Waals surface area contributed by atoms with Crippen LogP contribution in [0, 0.1) is 5.41 Å². The van der Waals surface area contributed by atoms with Gasteiger partial charge in [-0.05, 0) is 62.9 Å². The first-order valence-corrected chi connectivity index (χ1v) is 9.92. The molecule has 5 heteroatoms. The van der Waals surface area contributed by atoms with Crippen LogP contribution in [-0.2, 0) is 6.54 Å². The van der Waals surface area contributed by atoms with Gasteiger partial charge in [0.15, 0.2) is 5.96 Å². The molecule has 0 bridgehead atoms. The second-order valence-corrected chi connectivity index (χ2v) is 8.08. The molecule has 1 aliphatic carbocycles. The summed E-state index contributed by atoms with van der Waals surface area (Å²) < 4.78 is 5.80. The lowest BCUT2D eigenvalue weighted by Crippen LogP contribution is -2.42. The normalized spacial score (nSPS) is 19.1. The van der Waals surface area contributed by atoms with Crippen LogP contribution in [-0.4, -0.2) is 63.1 Å². The molecule has 1 saturated carbocycles. The van der Waals surface area contributed by atoms with Gasteiger partial charge in [-0.1, -0.05) is 18.6 Å². The molecule has 2 aliphatic rings. The van der Waals surface area contributed by atoms with Crippen molar-refractivity contribution in [2.24, 2.45) is 10.4 Å². The molecule has 1 aliphatic heterocycles. The van der Waals surface area contributed by atoms with E-state index in [1.54, 1.807) is 0 Å². The van der Waals surface area contributed by atoms with Crippen LogP contribution in [0.3, 0.4) is 0 Å². The highest BCUT2D eigenvalue weighted by atomic mass is 16.5. The first-order chi connectivity index (χ1) is 12.6. The highest BCUT2D eigenvalue weighted by Gasteiger charge is 2.43. The SMILES string of the molecule is CN=C(NCc1ccc(OCCCN(C)C)cc1)N1CCC2(CCC2)C1. The van der Waals surface area contributed by atoms with Crippen molar-refractivity contribution in [3.63, 3.8) is 0 Å². The zero-order valence-corrected chi connectivity index (χ0v) is 16.6. The molecule has 144 valence electrons. The second-order valence-electron chi connectivity index (χ2n) is 8.08. The van der Waals surface area contributed by atoms with E-state index in [9.17, 15) is 0 Å². The summed E-state index contributed by atoms with van der Waals surface area (Å²) in [6.07, 6.45) is 6.58. The maximum absolute atomic E-state index is 5.80. The van der Waals surface area contributed by atoms with Gasteiger partial charge in [-0.3, -0.25) is 4.99 Å². The van der Waals surface area contributed by atoms with Gasteiger partial charge in [-0.25, -0.2) is 0 Å². The van der Waals surface area contributed by atoms with E-state index in [1.807, 2.05) is 7.05 Å². The Morgan fingerprint density at radius 2 is 2.00 bits per heavy atom. The molecular formula is C21H34N4O. The topological polar surface area (TPSA) is 40.1 Å². The highest BCUT2D eigenvalue weighted by molar-refractivity contribution is 5.80. The Kier molecular flexibility index (Phi) is 6.41. The Balaban J connectivity index is 1.42. The Hall–Kier alpha value is -1.75. The van der Waals surface area contributed by atoms with Gasteiger partial charge in [0.2, 0.25) is 0 Å². The fourth-order valence-electron chi connectivity index (χ4n) is 3.99. The second kappa shape index (κ2) is 8.76. The minimum Gasteiger partial charge on any atom is -0.494 e. The number of benzene rings is 1. The lowest BCUT2D eigenvalue weighted by Gasteiger charge is -2.38.